The standard InChI is InChI=1S/C13H14O5/c1-7-4-8-9(6-16-2)12(13(14)15)18-11(8)10(5-7)17-3/h4-5H,6H2,1-3H3,(H,14,15). The molecular weight excluding hydrogens is 236 g/mol. The molecule has 0 fully saturated rings. The lowest BCUT2D eigenvalue weighted by atomic mass is 10.1. The number of hydrogen-bond acceptors (Lipinski definition) is 4. The average Bonchev–Trinajstić information content (AvgIpc) is 2.68. The summed E-state index contributed by atoms with van der Waals surface area (Å²) in [6, 6.07) is 3.66. The molecule has 0 saturated carbocycles. The van der Waals surface area contributed by atoms with Crippen LogP contribution in [0.25, 0.3) is 11.0 Å². The first-order valence-electron chi connectivity index (χ1n) is 5.40. The van der Waals surface area contributed by atoms with Gasteiger partial charge in [-0.15, -0.1) is 0 Å². The zero-order chi connectivity index (χ0) is 13.3. The number of aryl methyl sites for hydroxylation is 1. The summed E-state index contributed by atoms with van der Waals surface area (Å²) in [5.74, 6) is -0.691. The Hall–Kier alpha value is -2.01. The lowest BCUT2D eigenvalue weighted by molar-refractivity contribution is 0.0658. The highest BCUT2D eigenvalue weighted by Crippen LogP contribution is 2.34. The molecule has 0 saturated heterocycles. The Morgan fingerprint density at radius 1 is 1.39 bits per heavy atom. The maximum atomic E-state index is 11.2. The number of carboxylic acids is 1. The van der Waals surface area contributed by atoms with Gasteiger partial charge in [0.05, 0.1) is 13.7 Å². The quantitative estimate of drug-likeness (QED) is 0.903. The van der Waals surface area contributed by atoms with E-state index in [1.54, 1.807) is 6.07 Å². The van der Waals surface area contributed by atoms with Gasteiger partial charge in [-0.3, -0.25) is 0 Å². The van der Waals surface area contributed by atoms with E-state index in [-0.39, 0.29) is 12.4 Å². The van der Waals surface area contributed by atoms with Gasteiger partial charge in [-0.1, -0.05) is 0 Å². The van der Waals surface area contributed by atoms with Crippen LogP contribution in [0.2, 0.25) is 0 Å². The first kappa shape index (κ1) is 12.4. The van der Waals surface area contributed by atoms with Gasteiger partial charge in [0.15, 0.2) is 11.3 Å². The summed E-state index contributed by atoms with van der Waals surface area (Å²) in [6.45, 7) is 2.09. The molecule has 0 spiro atoms. The van der Waals surface area contributed by atoms with Crippen molar-refractivity contribution in [3.63, 3.8) is 0 Å². The summed E-state index contributed by atoms with van der Waals surface area (Å²) in [5.41, 5.74) is 1.93. The van der Waals surface area contributed by atoms with E-state index in [1.807, 2.05) is 13.0 Å². The Balaban J connectivity index is 2.79. The number of ether oxygens (including phenoxy) is 2. The van der Waals surface area contributed by atoms with Crippen molar-refractivity contribution >= 4 is 16.9 Å². The van der Waals surface area contributed by atoms with Crippen molar-refractivity contribution in [1.82, 2.24) is 0 Å². The molecule has 18 heavy (non-hydrogen) atoms. The molecule has 2 rings (SSSR count). The number of methoxy groups -OCH3 is 2. The monoisotopic (exact) mass is 250 g/mol. The minimum Gasteiger partial charge on any atom is -0.493 e. The third kappa shape index (κ3) is 1.93. The summed E-state index contributed by atoms with van der Waals surface area (Å²) in [5, 5.41) is 9.85. The molecule has 1 N–H and O–H groups in total. The number of carboxylic acid groups (broad SMARTS) is 1. The second-order valence-corrected chi connectivity index (χ2v) is 3.99. The SMILES string of the molecule is COCc1c(C(=O)O)oc2c(OC)cc(C)cc12. The van der Waals surface area contributed by atoms with Crippen LogP contribution < -0.4 is 4.74 Å². The van der Waals surface area contributed by atoms with E-state index in [1.165, 1.54) is 14.2 Å². The predicted molar refractivity (Wildman–Crippen MR) is 65.2 cm³/mol. The molecule has 1 heterocycles. The number of aromatic carboxylic acids is 1. The minimum absolute atomic E-state index is 0.101. The van der Waals surface area contributed by atoms with Crippen LogP contribution in [0.5, 0.6) is 5.75 Å². The maximum Gasteiger partial charge on any atom is 0.372 e. The Kier molecular flexibility index (Phi) is 3.25. The fourth-order valence-corrected chi connectivity index (χ4v) is 1.97. The molecule has 96 valence electrons. The van der Waals surface area contributed by atoms with Crippen LogP contribution in [-0.4, -0.2) is 25.3 Å². The zero-order valence-corrected chi connectivity index (χ0v) is 10.4. The first-order chi connectivity index (χ1) is 8.58. The van der Waals surface area contributed by atoms with E-state index >= 15 is 0 Å². The largest absolute Gasteiger partial charge is 0.493 e. The molecule has 0 amide bonds. The number of benzene rings is 1. The van der Waals surface area contributed by atoms with Gasteiger partial charge >= 0.3 is 5.97 Å². The second-order valence-electron chi connectivity index (χ2n) is 3.99. The smallest absolute Gasteiger partial charge is 0.372 e. The zero-order valence-electron chi connectivity index (χ0n) is 10.4. The molecule has 1 aromatic carbocycles. The average molecular weight is 250 g/mol. The van der Waals surface area contributed by atoms with E-state index in [0.29, 0.717) is 22.3 Å². The van der Waals surface area contributed by atoms with Crippen LogP contribution in [0.1, 0.15) is 21.7 Å². The third-order valence-electron chi connectivity index (χ3n) is 2.71. The third-order valence-corrected chi connectivity index (χ3v) is 2.71. The fourth-order valence-electron chi connectivity index (χ4n) is 1.97. The molecule has 0 unspecified atom stereocenters. The molecule has 1 aromatic heterocycles. The minimum atomic E-state index is -1.11. The van der Waals surface area contributed by atoms with Gasteiger partial charge in [-0.2, -0.15) is 0 Å². The van der Waals surface area contributed by atoms with Gasteiger partial charge in [0, 0.05) is 18.1 Å². The summed E-state index contributed by atoms with van der Waals surface area (Å²) in [6.07, 6.45) is 0. The molecule has 5 heteroatoms. The van der Waals surface area contributed by atoms with Crippen molar-refractivity contribution in [1.29, 1.82) is 0 Å². The van der Waals surface area contributed by atoms with Crippen molar-refractivity contribution in [3.8, 4) is 5.75 Å². The Labute approximate surface area is 104 Å². The molecule has 0 radical (unpaired) electrons. The van der Waals surface area contributed by atoms with Gasteiger partial charge in [0.25, 0.3) is 0 Å². The van der Waals surface area contributed by atoms with Crippen molar-refractivity contribution in [2.75, 3.05) is 14.2 Å². The topological polar surface area (TPSA) is 68.9 Å². The van der Waals surface area contributed by atoms with Crippen LogP contribution in [0.4, 0.5) is 0 Å². The Morgan fingerprint density at radius 2 is 2.11 bits per heavy atom. The van der Waals surface area contributed by atoms with Crippen LogP contribution in [0, 0.1) is 6.92 Å². The Morgan fingerprint density at radius 3 is 2.67 bits per heavy atom. The highest BCUT2D eigenvalue weighted by atomic mass is 16.5. The van der Waals surface area contributed by atoms with Crippen molar-refractivity contribution < 1.29 is 23.8 Å². The highest BCUT2D eigenvalue weighted by Gasteiger charge is 2.22. The van der Waals surface area contributed by atoms with Gasteiger partial charge < -0.3 is 19.0 Å². The van der Waals surface area contributed by atoms with Crippen LogP contribution in [0.15, 0.2) is 16.5 Å². The first-order valence-corrected chi connectivity index (χ1v) is 5.40. The van der Waals surface area contributed by atoms with E-state index in [4.69, 9.17) is 19.0 Å². The van der Waals surface area contributed by atoms with Crippen molar-refractivity contribution in [2.24, 2.45) is 0 Å². The summed E-state index contributed by atoms with van der Waals surface area (Å²) >= 11 is 0. The van der Waals surface area contributed by atoms with E-state index in [9.17, 15) is 4.79 Å². The molecule has 5 nitrogen and oxygen atoms in total. The number of hydrogen-bond donors (Lipinski definition) is 1. The number of fused-ring (bicyclic) bond motifs is 1. The van der Waals surface area contributed by atoms with E-state index in [0.717, 1.165) is 5.56 Å². The van der Waals surface area contributed by atoms with Crippen molar-refractivity contribution in [2.45, 2.75) is 13.5 Å². The van der Waals surface area contributed by atoms with Gasteiger partial charge in [-0.05, 0) is 24.6 Å². The fraction of sp³-hybridized carbons (Fsp3) is 0.308. The summed E-state index contributed by atoms with van der Waals surface area (Å²) in [7, 11) is 3.03. The normalized spacial score (nSPS) is 10.8. The second kappa shape index (κ2) is 4.70. The molecule has 2 aromatic rings. The lowest BCUT2D eigenvalue weighted by Gasteiger charge is -2.02. The van der Waals surface area contributed by atoms with E-state index in [2.05, 4.69) is 0 Å². The van der Waals surface area contributed by atoms with Crippen molar-refractivity contribution in [3.05, 3.63) is 29.0 Å². The number of furan rings is 1. The molecule has 0 bridgehead atoms. The lowest BCUT2D eigenvalue weighted by Crippen LogP contribution is -1.99. The molecule has 0 aliphatic heterocycles. The van der Waals surface area contributed by atoms with Gasteiger partial charge in [0.1, 0.15) is 0 Å². The summed E-state index contributed by atoms with van der Waals surface area (Å²) < 4.78 is 15.6. The van der Waals surface area contributed by atoms with E-state index < -0.39 is 5.97 Å². The van der Waals surface area contributed by atoms with Gasteiger partial charge in [0.2, 0.25) is 5.76 Å². The molecule has 0 atom stereocenters. The number of carbonyl (C=O) groups is 1. The molecular formula is C13H14O5. The van der Waals surface area contributed by atoms with Crippen LogP contribution in [-0.2, 0) is 11.3 Å². The van der Waals surface area contributed by atoms with Crippen LogP contribution in [0.3, 0.4) is 0 Å². The Bertz CT molecular complexity index is 597. The van der Waals surface area contributed by atoms with Gasteiger partial charge in [-0.25, -0.2) is 4.79 Å². The highest BCUT2D eigenvalue weighted by molar-refractivity contribution is 5.97. The predicted octanol–water partition coefficient (Wildman–Crippen LogP) is 2.59. The summed E-state index contributed by atoms with van der Waals surface area (Å²) in [4.78, 5) is 11.2. The molecule has 0 aliphatic rings. The maximum absolute atomic E-state index is 11.2. The molecule has 0 aliphatic carbocycles. The number of rotatable bonds is 4. The van der Waals surface area contributed by atoms with Crippen LogP contribution >= 0.6 is 0 Å².